The number of halogens is 1. The highest BCUT2D eigenvalue weighted by molar-refractivity contribution is 7.10. The predicted molar refractivity (Wildman–Crippen MR) is 308 cm³/mol. The Morgan fingerprint density at radius 1 is 0.576 bits per heavy atom. The lowest BCUT2D eigenvalue weighted by Crippen LogP contribution is -2.14. The lowest BCUT2D eigenvalue weighted by Gasteiger charge is -2.20. The van der Waals surface area contributed by atoms with Gasteiger partial charge in [-0.15, -0.1) is 23.7 Å². The van der Waals surface area contributed by atoms with Gasteiger partial charge in [0.05, 0.1) is 63.8 Å². The zero-order chi connectivity index (χ0) is 61.7. The summed E-state index contributed by atoms with van der Waals surface area (Å²) in [5, 5.41) is 71.3. The van der Waals surface area contributed by atoms with Crippen LogP contribution in [0.5, 0.6) is 28.7 Å². The van der Waals surface area contributed by atoms with Crippen molar-refractivity contribution in [2.75, 3.05) is 26.6 Å². The molecule has 6 aromatic rings. The topological polar surface area (TPSA) is 383 Å². The monoisotopic (exact) mass is 1220 g/mol. The van der Waals surface area contributed by atoms with E-state index in [9.17, 15) is 43.5 Å². The first kappa shape index (κ1) is 69.9. The molecule has 2 fully saturated rings. The van der Waals surface area contributed by atoms with Crippen molar-refractivity contribution in [1.82, 2.24) is 15.0 Å². The van der Waals surface area contributed by atoms with Gasteiger partial charge in [-0.1, -0.05) is 42.8 Å². The summed E-state index contributed by atoms with van der Waals surface area (Å²) in [7, 11) is 0. The summed E-state index contributed by atoms with van der Waals surface area (Å²) in [4.78, 5) is 96.3. The average molecular weight is 1220 g/mol. The number of ether oxygens (including phenoxy) is 5. The van der Waals surface area contributed by atoms with Gasteiger partial charge in [0.15, 0.2) is 28.7 Å². The first-order chi connectivity index (χ1) is 40.1. The second kappa shape index (κ2) is 36.3. The Balaban J connectivity index is 0.000000280. The number of thiophene rings is 1. The fourth-order valence-corrected chi connectivity index (χ4v) is 9.86. The largest absolute Gasteiger partial charge is 0.489 e. The number of carboxylic acid groups (broad SMARTS) is 8. The summed E-state index contributed by atoms with van der Waals surface area (Å²) in [6.07, 6.45) is 10.8. The van der Waals surface area contributed by atoms with Crippen molar-refractivity contribution >= 4 is 71.5 Å². The standard InChI is InChI=1S/C19H22O7S.C10H10O4.C9H8O4.C9H14O2.C7H7NO2.C5H4N2O2.ClH/c1-4-24-16-13(11-7-12(27-10-11)8-15(20)21)9-14(19(22)23)17(25-5-2)18(16)26-6-3;11-9(12)5-7-3-1-2-4-8(7)6-10(13)14;10-9(11)4-6-1-2-7-8(3-6)13-5-12-7;10-9(11)5-8-4-6-1-2-7(8)3-6;9-7(10)5-6-3-1-2-4-8-6;8-5(9)4-3-6-1-2-7-4;/h7,9-10H,4-6,8H2,1-3H3,(H,20,21)(H,22,23);1-4H,5-6H2,(H,11,12)(H,13,14);1-3H,4-5H2,(H,10,11);6-8H,1-5H2,(H,10,11);1-4H,5H2,(H,9,10);1-3H,(H,8,9);1H. The number of hydrogen-bond donors (Lipinski definition) is 8. The molecule has 4 heterocycles. The molecule has 2 aliphatic carbocycles. The van der Waals surface area contributed by atoms with Gasteiger partial charge < -0.3 is 64.5 Å². The third-order valence-corrected chi connectivity index (χ3v) is 13.3. The fourth-order valence-electron chi connectivity index (χ4n) is 8.98. The Labute approximate surface area is 498 Å². The number of pyridine rings is 1. The highest BCUT2D eigenvalue weighted by Gasteiger charge is 2.40. The highest BCUT2D eigenvalue weighted by Crippen LogP contribution is 2.50. The van der Waals surface area contributed by atoms with Crippen LogP contribution in [0.1, 0.15) is 101 Å². The second-order valence-electron chi connectivity index (χ2n) is 18.4. The van der Waals surface area contributed by atoms with E-state index in [4.69, 9.17) is 59.4 Å². The quantitative estimate of drug-likeness (QED) is 0.0333. The summed E-state index contributed by atoms with van der Waals surface area (Å²) >= 11 is 1.29. The SMILES string of the molecule is CCOc1c(C(=O)O)cc(-c2csc(CC(=O)O)c2)c(OCC)c1OCC.Cl.O=C(O)CC1CC2CCC1C2.O=C(O)Cc1ccc2c(c1)OCO2.O=C(O)Cc1ccccc1CC(=O)O.O=C(O)Cc1ccccn1.O=C(O)c1cnccn1. The molecule has 3 atom stereocenters. The van der Waals surface area contributed by atoms with Crippen molar-refractivity contribution in [3.05, 3.63) is 141 Å². The number of carbonyl (C=O) groups is 8. The van der Waals surface area contributed by atoms with Gasteiger partial charge in [-0.25, -0.2) is 14.6 Å². The number of aliphatic carboxylic acids is 6. The molecule has 24 nitrogen and oxygen atoms in total. The second-order valence-corrected chi connectivity index (χ2v) is 19.4. The molecule has 0 amide bonds. The minimum absolute atomic E-state index is 0. The van der Waals surface area contributed by atoms with Crippen LogP contribution in [0.15, 0.2) is 103 Å². The first-order valence-electron chi connectivity index (χ1n) is 26.2. The summed E-state index contributed by atoms with van der Waals surface area (Å²) in [6.45, 7) is 6.49. The molecule has 85 heavy (non-hydrogen) atoms. The lowest BCUT2D eigenvalue weighted by molar-refractivity contribution is -0.139. The summed E-state index contributed by atoms with van der Waals surface area (Å²) in [5.41, 5.74) is 3.55. The third-order valence-electron chi connectivity index (χ3n) is 12.3. The van der Waals surface area contributed by atoms with E-state index in [0.29, 0.717) is 75.6 Å². The summed E-state index contributed by atoms with van der Waals surface area (Å²) in [5.74, 6) is -3.14. The van der Waals surface area contributed by atoms with Crippen LogP contribution in [0.4, 0.5) is 0 Å². The van der Waals surface area contributed by atoms with Crippen molar-refractivity contribution in [2.45, 2.75) is 85.0 Å². The Morgan fingerprint density at radius 3 is 1.67 bits per heavy atom. The number of carboxylic acids is 8. The van der Waals surface area contributed by atoms with Crippen LogP contribution in [-0.2, 0) is 60.9 Å². The number of aromatic nitrogens is 3. The molecule has 2 bridgehead atoms. The van der Waals surface area contributed by atoms with E-state index in [0.717, 1.165) is 17.4 Å². The van der Waals surface area contributed by atoms with Crippen molar-refractivity contribution in [1.29, 1.82) is 0 Å². The van der Waals surface area contributed by atoms with Crippen molar-refractivity contribution < 1.29 is 103 Å². The molecule has 26 heteroatoms. The molecule has 2 saturated carbocycles. The Morgan fingerprint density at radius 2 is 1.18 bits per heavy atom. The lowest BCUT2D eigenvalue weighted by atomic mass is 9.86. The molecule has 9 rings (SSSR count). The van der Waals surface area contributed by atoms with Crippen LogP contribution in [-0.4, -0.2) is 130 Å². The zero-order valence-electron chi connectivity index (χ0n) is 46.5. The van der Waals surface area contributed by atoms with E-state index in [2.05, 4.69) is 15.0 Å². The number of fused-ring (bicyclic) bond motifs is 3. The van der Waals surface area contributed by atoms with Crippen molar-refractivity contribution in [3.8, 4) is 39.9 Å². The normalized spacial score (nSPS) is 14.3. The Kier molecular flexibility index (Phi) is 29.8. The number of benzene rings is 3. The number of aromatic carboxylic acids is 2. The van der Waals surface area contributed by atoms with Crippen molar-refractivity contribution in [2.24, 2.45) is 17.8 Å². The Bertz CT molecular complexity index is 3140. The first-order valence-corrected chi connectivity index (χ1v) is 27.1. The van der Waals surface area contributed by atoms with Gasteiger partial charge in [0.1, 0.15) is 5.56 Å². The van der Waals surface area contributed by atoms with Gasteiger partial charge in [-0.3, -0.25) is 38.7 Å². The van der Waals surface area contributed by atoms with E-state index in [1.165, 1.54) is 61.7 Å². The van der Waals surface area contributed by atoms with Gasteiger partial charge >= 0.3 is 47.8 Å². The van der Waals surface area contributed by atoms with Crippen molar-refractivity contribution in [3.63, 3.8) is 0 Å². The molecule has 3 aromatic carbocycles. The van der Waals surface area contributed by atoms with Crippen LogP contribution in [0.25, 0.3) is 11.1 Å². The smallest absolute Gasteiger partial charge is 0.356 e. The van der Waals surface area contributed by atoms with Gasteiger partial charge in [-0.2, -0.15) is 0 Å². The molecule has 8 N–H and O–H groups in total. The van der Waals surface area contributed by atoms with Gasteiger partial charge in [0, 0.05) is 35.5 Å². The van der Waals surface area contributed by atoms with Gasteiger partial charge in [0.2, 0.25) is 12.5 Å². The Hall–Kier alpha value is -9.36. The van der Waals surface area contributed by atoms with E-state index in [1.807, 2.05) is 6.92 Å². The molecular weight excluding hydrogens is 1150 g/mol. The maximum Gasteiger partial charge on any atom is 0.356 e. The third kappa shape index (κ3) is 24.2. The average Bonchev–Trinajstić information content (AvgIpc) is 2.93. The zero-order valence-corrected chi connectivity index (χ0v) is 48.1. The highest BCUT2D eigenvalue weighted by atomic mass is 35.5. The minimum atomic E-state index is -1.15. The summed E-state index contributed by atoms with van der Waals surface area (Å²) < 4.78 is 27.2. The fraction of sp³-hybridized carbons (Fsp3) is 0.339. The maximum absolute atomic E-state index is 11.8. The molecule has 3 aromatic heterocycles. The van der Waals surface area contributed by atoms with E-state index in [-0.39, 0.29) is 80.7 Å². The van der Waals surface area contributed by atoms with E-state index in [1.54, 1.807) is 92.2 Å². The maximum atomic E-state index is 11.8. The number of hydrogen-bond acceptors (Lipinski definition) is 17. The van der Waals surface area contributed by atoms with Crippen LogP contribution < -0.4 is 23.7 Å². The molecule has 1 aliphatic heterocycles. The molecule has 0 radical (unpaired) electrons. The van der Waals surface area contributed by atoms with Gasteiger partial charge in [-0.05, 0) is 122 Å². The van der Waals surface area contributed by atoms with Crippen LogP contribution in [0.3, 0.4) is 0 Å². The summed E-state index contributed by atoms with van der Waals surface area (Å²) in [6, 6.07) is 20.2. The predicted octanol–water partition coefficient (Wildman–Crippen LogP) is 9.12. The number of nitrogens with zero attached hydrogens (tertiary/aromatic N) is 3. The van der Waals surface area contributed by atoms with Crippen LogP contribution >= 0.6 is 23.7 Å². The minimum Gasteiger partial charge on any atom is -0.489 e. The van der Waals surface area contributed by atoms with Crippen LogP contribution in [0.2, 0.25) is 0 Å². The molecule has 0 saturated heterocycles. The molecule has 0 spiro atoms. The molecule has 3 aliphatic rings. The van der Waals surface area contributed by atoms with E-state index >= 15 is 0 Å². The number of rotatable bonds is 21. The molecule has 3 unspecified atom stereocenters. The molecule has 456 valence electrons. The van der Waals surface area contributed by atoms with Gasteiger partial charge in [0.25, 0.3) is 0 Å². The molecular formula is C59H66ClN3O21S. The van der Waals surface area contributed by atoms with E-state index < -0.39 is 47.8 Å². The van der Waals surface area contributed by atoms with Crippen LogP contribution in [0, 0.1) is 17.8 Å².